The highest BCUT2D eigenvalue weighted by atomic mass is 79.9. The second-order valence-corrected chi connectivity index (χ2v) is 7.00. The summed E-state index contributed by atoms with van der Waals surface area (Å²) >= 11 is 3.26. The van der Waals surface area contributed by atoms with E-state index in [4.69, 9.17) is 10.5 Å². The normalized spacial score (nSPS) is 22.0. The van der Waals surface area contributed by atoms with E-state index in [9.17, 15) is 8.42 Å². The first-order chi connectivity index (χ1) is 8.43. The first kappa shape index (κ1) is 13.8. The Morgan fingerprint density at radius 3 is 2.89 bits per heavy atom. The van der Waals surface area contributed by atoms with Crippen LogP contribution in [0.5, 0.6) is 0 Å². The number of sulfonamides is 1. The van der Waals surface area contributed by atoms with Gasteiger partial charge in [0, 0.05) is 17.1 Å². The largest absolute Gasteiger partial charge is 0.398 e. The van der Waals surface area contributed by atoms with Gasteiger partial charge in [0.25, 0.3) is 0 Å². The number of halogens is 1. The summed E-state index contributed by atoms with van der Waals surface area (Å²) in [6.45, 7) is 3.00. The number of ether oxygens (including phenoxy) is 1. The molecule has 0 bridgehead atoms. The highest BCUT2D eigenvalue weighted by Gasteiger charge is 2.32. The van der Waals surface area contributed by atoms with Gasteiger partial charge in [-0.3, -0.25) is 0 Å². The van der Waals surface area contributed by atoms with Crippen LogP contribution in [0.4, 0.5) is 5.69 Å². The molecule has 5 nitrogen and oxygen atoms in total. The predicted molar refractivity (Wildman–Crippen MR) is 72.7 cm³/mol. The van der Waals surface area contributed by atoms with Crippen LogP contribution < -0.4 is 5.73 Å². The summed E-state index contributed by atoms with van der Waals surface area (Å²) in [5.41, 5.74) is 6.03. The quantitative estimate of drug-likeness (QED) is 0.830. The molecule has 1 atom stereocenters. The third kappa shape index (κ3) is 2.54. The molecule has 2 rings (SSSR count). The zero-order valence-corrected chi connectivity index (χ0v) is 12.4. The third-order valence-corrected chi connectivity index (χ3v) is 5.43. The molecule has 0 radical (unpaired) electrons. The molecule has 0 aromatic heterocycles. The lowest BCUT2D eigenvalue weighted by Gasteiger charge is -2.32. The summed E-state index contributed by atoms with van der Waals surface area (Å²) in [6, 6.07) is 4.66. The maximum Gasteiger partial charge on any atom is 0.245 e. The van der Waals surface area contributed by atoms with E-state index in [1.54, 1.807) is 12.1 Å². The fourth-order valence-corrected chi connectivity index (χ4v) is 4.18. The van der Waals surface area contributed by atoms with Gasteiger partial charge in [-0.05, 0) is 25.1 Å². The van der Waals surface area contributed by atoms with E-state index in [0.29, 0.717) is 24.2 Å². The molecular formula is C11H15BrN2O3S. The summed E-state index contributed by atoms with van der Waals surface area (Å²) in [5, 5.41) is 0. The van der Waals surface area contributed by atoms with Crippen molar-refractivity contribution in [3.05, 3.63) is 22.7 Å². The molecule has 0 spiro atoms. The van der Waals surface area contributed by atoms with Gasteiger partial charge in [-0.2, -0.15) is 4.31 Å². The molecule has 1 fully saturated rings. The number of hydrogen-bond acceptors (Lipinski definition) is 4. The van der Waals surface area contributed by atoms with Crippen molar-refractivity contribution >= 4 is 31.6 Å². The average Bonchev–Trinajstić information content (AvgIpc) is 2.32. The van der Waals surface area contributed by atoms with Crippen LogP contribution in [0.3, 0.4) is 0 Å². The molecule has 100 valence electrons. The van der Waals surface area contributed by atoms with E-state index in [1.165, 1.54) is 10.4 Å². The first-order valence-corrected chi connectivity index (χ1v) is 7.81. The van der Waals surface area contributed by atoms with Crippen molar-refractivity contribution in [3.8, 4) is 0 Å². The van der Waals surface area contributed by atoms with Crippen molar-refractivity contribution in [1.29, 1.82) is 0 Å². The fourth-order valence-electron chi connectivity index (χ4n) is 1.93. The monoisotopic (exact) mass is 334 g/mol. The molecule has 18 heavy (non-hydrogen) atoms. The Labute approximate surface area is 115 Å². The van der Waals surface area contributed by atoms with Crippen molar-refractivity contribution in [2.75, 3.05) is 25.5 Å². The van der Waals surface area contributed by atoms with E-state index >= 15 is 0 Å². The molecule has 0 amide bonds. The van der Waals surface area contributed by atoms with Gasteiger partial charge in [0.05, 0.1) is 18.9 Å². The summed E-state index contributed by atoms with van der Waals surface area (Å²) in [5.74, 6) is 0. The van der Waals surface area contributed by atoms with Gasteiger partial charge < -0.3 is 10.5 Å². The summed E-state index contributed by atoms with van der Waals surface area (Å²) in [4.78, 5) is 0.144. The smallest absolute Gasteiger partial charge is 0.245 e. The lowest BCUT2D eigenvalue weighted by molar-refractivity contribution is 0.0393. The molecule has 1 saturated heterocycles. The Hall–Kier alpha value is -0.630. The van der Waals surface area contributed by atoms with Gasteiger partial charge in [0.15, 0.2) is 0 Å². The van der Waals surface area contributed by atoms with Crippen LogP contribution in [-0.4, -0.2) is 38.5 Å². The molecule has 1 aliphatic rings. The van der Waals surface area contributed by atoms with E-state index < -0.39 is 10.0 Å². The minimum absolute atomic E-state index is 0.144. The number of benzene rings is 1. The number of anilines is 1. The summed E-state index contributed by atoms with van der Waals surface area (Å²) in [6.07, 6.45) is 0. The highest BCUT2D eigenvalue weighted by molar-refractivity contribution is 9.10. The third-order valence-electron chi connectivity index (χ3n) is 2.87. The molecule has 2 N–H and O–H groups in total. The van der Waals surface area contributed by atoms with Crippen LogP contribution in [0.1, 0.15) is 6.92 Å². The van der Waals surface area contributed by atoms with Crippen LogP contribution in [-0.2, 0) is 14.8 Å². The number of rotatable bonds is 2. The maximum atomic E-state index is 12.5. The van der Waals surface area contributed by atoms with Crippen molar-refractivity contribution in [3.63, 3.8) is 0 Å². The van der Waals surface area contributed by atoms with E-state index in [-0.39, 0.29) is 16.6 Å². The molecule has 0 aliphatic carbocycles. The number of nitrogens with zero attached hydrogens (tertiary/aromatic N) is 1. The van der Waals surface area contributed by atoms with Crippen molar-refractivity contribution in [1.82, 2.24) is 4.31 Å². The van der Waals surface area contributed by atoms with Crippen molar-refractivity contribution in [2.24, 2.45) is 0 Å². The van der Waals surface area contributed by atoms with Gasteiger partial charge in [0.1, 0.15) is 4.90 Å². The minimum atomic E-state index is -3.57. The Balaban J connectivity index is 2.44. The lowest BCUT2D eigenvalue weighted by atomic mass is 10.3. The second-order valence-electron chi connectivity index (χ2n) is 4.22. The molecule has 1 aromatic carbocycles. The van der Waals surface area contributed by atoms with Gasteiger partial charge >= 0.3 is 0 Å². The number of hydrogen-bond donors (Lipinski definition) is 1. The molecule has 7 heteroatoms. The van der Waals surface area contributed by atoms with E-state index in [2.05, 4.69) is 15.9 Å². The predicted octanol–water partition coefficient (Wildman–Crippen LogP) is 1.44. The summed E-state index contributed by atoms with van der Waals surface area (Å²) < 4.78 is 32.5. The zero-order chi connectivity index (χ0) is 13.3. The molecule has 1 heterocycles. The van der Waals surface area contributed by atoms with Gasteiger partial charge in [-0.15, -0.1) is 0 Å². The number of morpholine rings is 1. The maximum absolute atomic E-state index is 12.5. The summed E-state index contributed by atoms with van der Waals surface area (Å²) in [7, 11) is -3.57. The second kappa shape index (κ2) is 5.16. The van der Waals surface area contributed by atoms with Crippen LogP contribution in [0.15, 0.2) is 27.6 Å². The lowest BCUT2D eigenvalue weighted by Crippen LogP contribution is -2.47. The molecular weight excluding hydrogens is 320 g/mol. The Kier molecular flexibility index (Phi) is 3.96. The van der Waals surface area contributed by atoms with Crippen molar-refractivity contribution < 1.29 is 13.2 Å². The SMILES string of the molecule is CC1COCCN1S(=O)(=O)c1cc(Br)ccc1N. The van der Waals surface area contributed by atoms with Gasteiger partial charge in [0.2, 0.25) is 10.0 Å². The van der Waals surface area contributed by atoms with E-state index in [1.807, 2.05) is 6.92 Å². The van der Waals surface area contributed by atoms with Gasteiger partial charge in [-0.1, -0.05) is 15.9 Å². The average molecular weight is 335 g/mol. The molecule has 1 aromatic rings. The topological polar surface area (TPSA) is 72.6 Å². The fraction of sp³-hybridized carbons (Fsp3) is 0.455. The van der Waals surface area contributed by atoms with Crippen molar-refractivity contribution in [2.45, 2.75) is 17.9 Å². The number of nitrogens with two attached hydrogens (primary N) is 1. The van der Waals surface area contributed by atoms with Crippen LogP contribution in [0.25, 0.3) is 0 Å². The number of nitrogen functional groups attached to an aromatic ring is 1. The minimum Gasteiger partial charge on any atom is -0.398 e. The molecule has 1 aliphatic heterocycles. The Morgan fingerprint density at radius 1 is 1.50 bits per heavy atom. The highest BCUT2D eigenvalue weighted by Crippen LogP contribution is 2.27. The van der Waals surface area contributed by atoms with E-state index in [0.717, 1.165) is 0 Å². The molecule has 1 unspecified atom stereocenters. The van der Waals surface area contributed by atoms with Gasteiger partial charge in [-0.25, -0.2) is 8.42 Å². The Morgan fingerprint density at radius 2 is 2.22 bits per heavy atom. The molecule has 0 saturated carbocycles. The standard InChI is InChI=1S/C11H15BrN2O3S/c1-8-7-17-5-4-14(8)18(15,16)11-6-9(12)2-3-10(11)13/h2-3,6,8H,4-5,7,13H2,1H3. The van der Waals surface area contributed by atoms with Crippen LogP contribution in [0, 0.1) is 0 Å². The first-order valence-electron chi connectivity index (χ1n) is 5.57. The Bertz CT molecular complexity index is 547. The van der Waals surface area contributed by atoms with Crippen LogP contribution >= 0.6 is 15.9 Å². The zero-order valence-electron chi connectivity index (χ0n) is 9.97. The van der Waals surface area contributed by atoms with Crippen LogP contribution in [0.2, 0.25) is 0 Å².